The molecule has 0 saturated heterocycles. The predicted molar refractivity (Wildman–Crippen MR) is 121 cm³/mol. The number of carbonyl (C=O) groups is 2. The van der Waals surface area contributed by atoms with Gasteiger partial charge in [-0.1, -0.05) is 61.4 Å². The highest BCUT2D eigenvalue weighted by Gasteiger charge is 2.25. The minimum atomic E-state index is -0.496. The van der Waals surface area contributed by atoms with Gasteiger partial charge in [0.15, 0.2) is 0 Å². The first kappa shape index (κ1) is 23.0. The van der Waals surface area contributed by atoms with Gasteiger partial charge in [-0.15, -0.1) is 11.8 Å². The molecule has 0 aliphatic carbocycles. The minimum Gasteiger partial charge on any atom is -0.354 e. The van der Waals surface area contributed by atoms with E-state index < -0.39 is 6.04 Å². The molecule has 0 aliphatic rings. The molecule has 2 amide bonds. The average Bonchev–Trinajstić information content (AvgIpc) is 2.73. The summed E-state index contributed by atoms with van der Waals surface area (Å²) in [7, 11) is 0. The van der Waals surface area contributed by atoms with Gasteiger partial charge in [-0.25, -0.2) is 0 Å². The molecule has 2 aromatic carbocycles. The van der Waals surface area contributed by atoms with Gasteiger partial charge in [-0.3, -0.25) is 9.59 Å². The van der Waals surface area contributed by atoms with Gasteiger partial charge in [0.2, 0.25) is 11.8 Å². The molecule has 2 aromatic rings. The molecule has 0 radical (unpaired) electrons. The summed E-state index contributed by atoms with van der Waals surface area (Å²) in [5.74, 6) is 0.609. The topological polar surface area (TPSA) is 49.4 Å². The summed E-state index contributed by atoms with van der Waals surface area (Å²) in [6, 6.07) is 17.7. The number of hydrogen-bond donors (Lipinski definition) is 1. The number of thioether (sulfide) groups is 1. The van der Waals surface area contributed by atoms with Gasteiger partial charge in [-0.2, -0.15) is 0 Å². The Morgan fingerprint density at radius 2 is 1.76 bits per heavy atom. The van der Waals surface area contributed by atoms with Gasteiger partial charge in [0.25, 0.3) is 0 Å². The van der Waals surface area contributed by atoms with Gasteiger partial charge in [0, 0.05) is 30.2 Å². The van der Waals surface area contributed by atoms with Crippen LogP contribution in [-0.2, 0) is 16.1 Å². The van der Waals surface area contributed by atoms with Crippen LogP contribution < -0.4 is 5.32 Å². The second-order valence-corrected chi connectivity index (χ2v) is 8.41. The predicted octanol–water partition coefficient (Wildman–Crippen LogP) is 4.81. The molecule has 0 spiro atoms. The molecule has 5 heteroatoms. The number of unbranched alkanes of at least 4 members (excludes halogenated alkanes) is 1. The van der Waals surface area contributed by atoms with E-state index in [1.165, 1.54) is 5.56 Å². The number of hydrogen-bond acceptors (Lipinski definition) is 3. The zero-order valence-corrected chi connectivity index (χ0v) is 18.5. The Morgan fingerprint density at radius 1 is 1.07 bits per heavy atom. The zero-order valence-electron chi connectivity index (χ0n) is 17.7. The Balaban J connectivity index is 1.99. The third-order valence-corrected chi connectivity index (χ3v) is 5.81. The van der Waals surface area contributed by atoms with E-state index in [1.54, 1.807) is 16.7 Å². The molecule has 1 N–H and O–H groups in total. The van der Waals surface area contributed by atoms with E-state index in [0.717, 1.165) is 23.3 Å². The van der Waals surface area contributed by atoms with E-state index in [-0.39, 0.29) is 11.8 Å². The highest BCUT2D eigenvalue weighted by atomic mass is 32.2. The molecule has 0 fully saturated rings. The van der Waals surface area contributed by atoms with Crippen LogP contribution in [0.4, 0.5) is 0 Å². The number of aryl methyl sites for hydroxylation is 1. The lowest BCUT2D eigenvalue weighted by Crippen LogP contribution is -2.47. The van der Waals surface area contributed by atoms with Crippen LogP contribution in [0.15, 0.2) is 59.5 Å². The van der Waals surface area contributed by atoms with Crippen LogP contribution in [0.25, 0.3) is 0 Å². The average molecular weight is 413 g/mol. The molecule has 0 heterocycles. The normalized spacial score (nSPS) is 11.7. The Kier molecular flexibility index (Phi) is 9.78. The number of benzene rings is 2. The minimum absolute atomic E-state index is 0.00612. The first-order chi connectivity index (χ1) is 14.0. The van der Waals surface area contributed by atoms with E-state index in [0.29, 0.717) is 25.3 Å². The highest BCUT2D eigenvalue weighted by molar-refractivity contribution is 7.99. The molecule has 0 saturated carbocycles. The summed E-state index contributed by atoms with van der Waals surface area (Å²) < 4.78 is 0. The van der Waals surface area contributed by atoms with Gasteiger partial charge in [0.05, 0.1) is 0 Å². The standard InChI is InChI=1S/C24H32N2O2S/c1-4-5-16-25-24(28)20(3)26(18-21-9-7-6-8-10-21)23(27)15-17-29-22-13-11-19(2)12-14-22/h6-14,20H,4-5,15-18H2,1-3H3,(H,25,28)/t20-/m1/s1. The largest absolute Gasteiger partial charge is 0.354 e. The number of nitrogens with zero attached hydrogens (tertiary/aromatic N) is 1. The van der Waals surface area contributed by atoms with Crippen LogP contribution in [0.2, 0.25) is 0 Å². The van der Waals surface area contributed by atoms with Crippen LogP contribution in [0.1, 0.15) is 44.2 Å². The van der Waals surface area contributed by atoms with Crippen LogP contribution in [0.5, 0.6) is 0 Å². The van der Waals surface area contributed by atoms with Crippen LogP contribution in [-0.4, -0.2) is 35.1 Å². The fourth-order valence-electron chi connectivity index (χ4n) is 2.93. The number of carbonyl (C=O) groups excluding carboxylic acids is 2. The van der Waals surface area contributed by atoms with E-state index in [2.05, 4.69) is 43.4 Å². The van der Waals surface area contributed by atoms with Crippen molar-refractivity contribution in [3.8, 4) is 0 Å². The maximum absolute atomic E-state index is 13.0. The quantitative estimate of drug-likeness (QED) is 0.426. The third kappa shape index (κ3) is 7.94. The molecule has 1 atom stereocenters. The van der Waals surface area contributed by atoms with E-state index in [1.807, 2.05) is 37.3 Å². The Labute approximate surface area is 179 Å². The summed E-state index contributed by atoms with van der Waals surface area (Å²) in [6.07, 6.45) is 2.37. The van der Waals surface area contributed by atoms with Crippen molar-refractivity contribution < 1.29 is 9.59 Å². The SMILES string of the molecule is CCCCNC(=O)[C@@H](C)N(Cc1ccccc1)C(=O)CCSc1ccc(C)cc1. The Morgan fingerprint density at radius 3 is 2.41 bits per heavy atom. The van der Waals surface area contributed by atoms with Crippen molar-refractivity contribution in [2.24, 2.45) is 0 Å². The summed E-state index contributed by atoms with van der Waals surface area (Å²) in [4.78, 5) is 28.4. The van der Waals surface area contributed by atoms with Crippen molar-refractivity contribution in [3.63, 3.8) is 0 Å². The lowest BCUT2D eigenvalue weighted by molar-refractivity contribution is -0.140. The monoisotopic (exact) mass is 412 g/mol. The van der Waals surface area contributed by atoms with Crippen molar-refractivity contribution >= 4 is 23.6 Å². The van der Waals surface area contributed by atoms with Gasteiger partial charge in [0.1, 0.15) is 6.04 Å². The molecule has 156 valence electrons. The second-order valence-electron chi connectivity index (χ2n) is 7.24. The second kappa shape index (κ2) is 12.3. The molecule has 0 aromatic heterocycles. The van der Waals surface area contributed by atoms with E-state index in [9.17, 15) is 9.59 Å². The zero-order chi connectivity index (χ0) is 21.1. The molecular formula is C24H32N2O2S. The van der Waals surface area contributed by atoms with Crippen molar-refractivity contribution in [1.29, 1.82) is 0 Å². The lowest BCUT2D eigenvalue weighted by Gasteiger charge is -2.29. The first-order valence-corrected chi connectivity index (χ1v) is 11.3. The molecule has 0 bridgehead atoms. The molecule has 0 aliphatic heterocycles. The van der Waals surface area contributed by atoms with Gasteiger partial charge < -0.3 is 10.2 Å². The number of amides is 2. The molecule has 2 rings (SSSR count). The Hall–Kier alpha value is -2.27. The van der Waals surface area contributed by atoms with Gasteiger partial charge >= 0.3 is 0 Å². The fourth-order valence-corrected chi connectivity index (χ4v) is 3.77. The number of rotatable bonds is 11. The third-order valence-electron chi connectivity index (χ3n) is 4.80. The molecular weight excluding hydrogens is 380 g/mol. The van der Waals surface area contributed by atoms with Crippen LogP contribution in [0.3, 0.4) is 0 Å². The van der Waals surface area contributed by atoms with Crippen LogP contribution >= 0.6 is 11.8 Å². The summed E-state index contributed by atoms with van der Waals surface area (Å²) in [6.45, 7) is 7.06. The van der Waals surface area contributed by atoms with Crippen molar-refractivity contribution in [2.45, 2.75) is 57.5 Å². The summed E-state index contributed by atoms with van der Waals surface area (Å²) >= 11 is 1.67. The molecule has 4 nitrogen and oxygen atoms in total. The highest BCUT2D eigenvalue weighted by Crippen LogP contribution is 2.20. The van der Waals surface area contributed by atoms with Crippen molar-refractivity contribution in [2.75, 3.05) is 12.3 Å². The first-order valence-electron chi connectivity index (χ1n) is 10.3. The maximum Gasteiger partial charge on any atom is 0.242 e. The van der Waals surface area contributed by atoms with Crippen LogP contribution in [0, 0.1) is 6.92 Å². The van der Waals surface area contributed by atoms with E-state index >= 15 is 0 Å². The summed E-state index contributed by atoms with van der Waals surface area (Å²) in [5, 5.41) is 2.95. The van der Waals surface area contributed by atoms with Crippen molar-refractivity contribution in [1.82, 2.24) is 10.2 Å². The molecule has 0 unspecified atom stereocenters. The van der Waals surface area contributed by atoms with Gasteiger partial charge in [-0.05, 0) is 38.0 Å². The smallest absolute Gasteiger partial charge is 0.242 e. The Bertz CT molecular complexity index is 762. The van der Waals surface area contributed by atoms with E-state index in [4.69, 9.17) is 0 Å². The maximum atomic E-state index is 13.0. The number of nitrogens with one attached hydrogen (secondary N) is 1. The fraction of sp³-hybridized carbons (Fsp3) is 0.417. The molecule has 29 heavy (non-hydrogen) atoms. The van der Waals surface area contributed by atoms with Crippen molar-refractivity contribution in [3.05, 3.63) is 65.7 Å². The summed E-state index contributed by atoms with van der Waals surface area (Å²) in [5.41, 5.74) is 2.25. The lowest BCUT2D eigenvalue weighted by atomic mass is 10.1.